The summed E-state index contributed by atoms with van der Waals surface area (Å²) in [6, 6.07) is 6.64. The van der Waals surface area contributed by atoms with Gasteiger partial charge in [-0.1, -0.05) is 11.3 Å². The monoisotopic (exact) mass is 292 g/mol. The lowest BCUT2D eigenvalue weighted by molar-refractivity contribution is 0.475. The Morgan fingerprint density at radius 3 is 2.63 bits per heavy atom. The number of phenols is 1. The Kier molecular flexibility index (Phi) is 3.13. The third-order valence-corrected chi connectivity index (χ3v) is 4.05. The van der Waals surface area contributed by atoms with E-state index >= 15 is 0 Å². The largest absolute Gasteiger partial charge is 0.508 e. The molecule has 1 N–H and O–H groups in total. The number of hydrogen-bond donors (Lipinski definition) is 1. The molecule has 1 aromatic carbocycles. The molecule has 0 aliphatic carbocycles. The van der Waals surface area contributed by atoms with Crippen LogP contribution in [0.15, 0.2) is 33.8 Å². The highest BCUT2D eigenvalue weighted by atomic mass is 32.2. The number of rotatable bonds is 3. The van der Waals surface area contributed by atoms with Crippen LogP contribution in [0.2, 0.25) is 0 Å². The van der Waals surface area contributed by atoms with Crippen LogP contribution in [0, 0.1) is 6.92 Å². The van der Waals surface area contributed by atoms with Gasteiger partial charge in [-0.15, -0.1) is 15.3 Å². The predicted molar refractivity (Wildman–Crippen MR) is 69.6 cm³/mol. The van der Waals surface area contributed by atoms with Crippen molar-refractivity contribution in [3.05, 3.63) is 29.3 Å². The number of aromatic nitrogens is 6. The molecule has 0 amide bonds. The number of aryl methyl sites for hydroxylation is 1. The highest BCUT2D eigenvalue weighted by Crippen LogP contribution is 2.29. The third-order valence-electron chi connectivity index (χ3n) is 2.22. The Bertz CT molecular complexity index is 692. The Morgan fingerprint density at radius 2 is 1.95 bits per heavy atom. The minimum absolute atomic E-state index is 0.200. The van der Waals surface area contributed by atoms with Gasteiger partial charge in [0.05, 0.1) is 5.69 Å². The zero-order chi connectivity index (χ0) is 13.2. The van der Waals surface area contributed by atoms with E-state index in [2.05, 4.69) is 25.7 Å². The summed E-state index contributed by atoms with van der Waals surface area (Å²) in [4.78, 5) is 0. The fraction of sp³-hybridized carbons (Fsp3) is 0.100. The molecule has 0 radical (unpaired) electrons. The molecule has 2 aromatic heterocycles. The summed E-state index contributed by atoms with van der Waals surface area (Å²) in [5, 5.41) is 30.3. The van der Waals surface area contributed by atoms with Crippen LogP contribution in [0.1, 0.15) is 5.01 Å². The molecule has 0 spiro atoms. The quantitative estimate of drug-likeness (QED) is 0.785. The number of aromatic hydroxyl groups is 1. The second kappa shape index (κ2) is 4.94. The second-order valence-corrected chi connectivity index (χ2v) is 5.97. The molecule has 0 fully saturated rings. The standard InChI is InChI=1S/C10H8N6OS2/c1-6-11-13-10(18-6)19-9-12-14-15-16(9)7-2-4-8(17)5-3-7/h2-5,17H,1H3. The minimum Gasteiger partial charge on any atom is -0.508 e. The summed E-state index contributed by atoms with van der Waals surface area (Å²) in [5.41, 5.74) is 0.770. The van der Waals surface area contributed by atoms with Gasteiger partial charge in [0.2, 0.25) is 5.16 Å². The van der Waals surface area contributed by atoms with Crippen LogP contribution in [0.4, 0.5) is 0 Å². The van der Waals surface area contributed by atoms with Gasteiger partial charge in [0, 0.05) is 0 Å². The highest BCUT2D eigenvalue weighted by Gasteiger charge is 2.12. The van der Waals surface area contributed by atoms with E-state index in [0.29, 0.717) is 5.16 Å². The summed E-state index contributed by atoms with van der Waals surface area (Å²) in [7, 11) is 0. The van der Waals surface area contributed by atoms with Crippen LogP contribution in [-0.4, -0.2) is 35.5 Å². The van der Waals surface area contributed by atoms with Gasteiger partial charge in [-0.3, -0.25) is 0 Å². The number of phenolic OH excluding ortho intramolecular Hbond substituents is 1. The molecular formula is C10H8N6OS2. The Hall–Kier alpha value is -2.00. The Labute approximate surface area is 116 Å². The van der Waals surface area contributed by atoms with Crippen LogP contribution in [0.5, 0.6) is 5.75 Å². The van der Waals surface area contributed by atoms with E-state index < -0.39 is 0 Å². The summed E-state index contributed by atoms with van der Waals surface area (Å²) in [6.07, 6.45) is 0. The first-order chi connectivity index (χ1) is 9.22. The van der Waals surface area contributed by atoms with Crippen LogP contribution in [0.3, 0.4) is 0 Å². The van der Waals surface area contributed by atoms with Gasteiger partial charge < -0.3 is 5.11 Å². The van der Waals surface area contributed by atoms with Crippen molar-refractivity contribution < 1.29 is 5.11 Å². The number of hydrogen-bond acceptors (Lipinski definition) is 8. The summed E-state index contributed by atoms with van der Waals surface area (Å²) in [5.74, 6) is 0.200. The van der Waals surface area contributed by atoms with Gasteiger partial charge in [-0.2, -0.15) is 4.68 Å². The second-order valence-electron chi connectivity index (χ2n) is 3.58. The Morgan fingerprint density at radius 1 is 1.16 bits per heavy atom. The maximum Gasteiger partial charge on any atom is 0.221 e. The fourth-order valence-electron chi connectivity index (χ4n) is 1.40. The molecule has 0 saturated heterocycles. The molecule has 3 rings (SSSR count). The van der Waals surface area contributed by atoms with E-state index in [4.69, 9.17) is 0 Å². The van der Waals surface area contributed by atoms with Crippen molar-refractivity contribution >= 4 is 23.1 Å². The van der Waals surface area contributed by atoms with E-state index in [9.17, 15) is 5.11 Å². The third kappa shape index (κ3) is 2.56. The van der Waals surface area contributed by atoms with Crippen molar-refractivity contribution in [3.8, 4) is 11.4 Å². The van der Waals surface area contributed by atoms with Crippen molar-refractivity contribution in [3.63, 3.8) is 0 Å². The van der Waals surface area contributed by atoms with Crippen molar-refractivity contribution in [2.75, 3.05) is 0 Å². The molecule has 0 aliphatic rings. The van der Waals surface area contributed by atoms with Crippen LogP contribution < -0.4 is 0 Å². The summed E-state index contributed by atoms with van der Waals surface area (Å²) in [6.45, 7) is 1.89. The molecule has 0 aliphatic heterocycles. The van der Waals surface area contributed by atoms with Gasteiger partial charge in [-0.05, 0) is 53.4 Å². The van der Waals surface area contributed by atoms with Gasteiger partial charge in [-0.25, -0.2) is 0 Å². The predicted octanol–water partition coefficient (Wildman–Crippen LogP) is 1.68. The molecular weight excluding hydrogens is 284 g/mol. The van der Waals surface area contributed by atoms with Crippen LogP contribution in [0.25, 0.3) is 5.69 Å². The Balaban J connectivity index is 1.92. The normalized spacial score (nSPS) is 10.8. The lowest BCUT2D eigenvalue weighted by atomic mass is 10.3. The molecule has 9 heteroatoms. The zero-order valence-electron chi connectivity index (χ0n) is 9.76. The zero-order valence-corrected chi connectivity index (χ0v) is 11.4. The molecule has 96 valence electrons. The smallest absolute Gasteiger partial charge is 0.221 e. The maximum absolute atomic E-state index is 9.28. The van der Waals surface area contributed by atoms with Crippen LogP contribution in [-0.2, 0) is 0 Å². The minimum atomic E-state index is 0.200. The molecule has 0 atom stereocenters. The summed E-state index contributed by atoms with van der Waals surface area (Å²) < 4.78 is 2.37. The average Bonchev–Trinajstić information content (AvgIpc) is 3.00. The van der Waals surface area contributed by atoms with E-state index in [1.165, 1.54) is 23.1 Å². The lowest BCUT2D eigenvalue weighted by Gasteiger charge is -2.02. The summed E-state index contributed by atoms with van der Waals surface area (Å²) >= 11 is 2.83. The lowest BCUT2D eigenvalue weighted by Crippen LogP contribution is -1.98. The first-order valence-corrected chi connectivity index (χ1v) is 6.91. The molecule has 0 unspecified atom stereocenters. The molecule has 2 heterocycles. The van der Waals surface area contributed by atoms with E-state index in [-0.39, 0.29) is 5.75 Å². The van der Waals surface area contributed by atoms with E-state index in [1.54, 1.807) is 28.9 Å². The molecule has 0 bridgehead atoms. The fourth-order valence-corrected chi connectivity index (χ4v) is 3.11. The number of nitrogens with zero attached hydrogens (tertiary/aromatic N) is 6. The van der Waals surface area contributed by atoms with E-state index in [0.717, 1.165) is 15.0 Å². The van der Waals surface area contributed by atoms with Crippen LogP contribution >= 0.6 is 23.1 Å². The first kappa shape index (κ1) is 12.1. The molecule has 7 nitrogen and oxygen atoms in total. The van der Waals surface area contributed by atoms with Crippen molar-refractivity contribution in [2.24, 2.45) is 0 Å². The molecule has 0 saturated carbocycles. The van der Waals surface area contributed by atoms with E-state index in [1.807, 2.05) is 6.92 Å². The number of tetrazole rings is 1. The number of benzene rings is 1. The van der Waals surface area contributed by atoms with Crippen molar-refractivity contribution in [1.29, 1.82) is 0 Å². The van der Waals surface area contributed by atoms with Gasteiger partial charge in [0.15, 0.2) is 4.34 Å². The SMILES string of the molecule is Cc1nnc(Sc2nnnn2-c2ccc(O)cc2)s1. The van der Waals surface area contributed by atoms with Gasteiger partial charge in [0.1, 0.15) is 10.8 Å². The topological polar surface area (TPSA) is 89.6 Å². The van der Waals surface area contributed by atoms with Crippen molar-refractivity contribution in [2.45, 2.75) is 16.4 Å². The van der Waals surface area contributed by atoms with Gasteiger partial charge >= 0.3 is 0 Å². The molecule has 3 aromatic rings. The first-order valence-electron chi connectivity index (χ1n) is 5.28. The maximum atomic E-state index is 9.28. The highest BCUT2D eigenvalue weighted by molar-refractivity contribution is 8.00. The average molecular weight is 292 g/mol. The van der Waals surface area contributed by atoms with Crippen molar-refractivity contribution in [1.82, 2.24) is 30.4 Å². The van der Waals surface area contributed by atoms with Gasteiger partial charge in [0.25, 0.3) is 0 Å². The molecule has 19 heavy (non-hydrogen) atoms.